The van der Waals surface area contributed by atoms with Crippen molar-refractivity contribution in [3.05, 3.63) is 0 Å². The molecule has 1 aliphatic heterocycles. The number of carbonyl (C=O) groups is 1. The molecule has 0 aromatic rings. The van der Waals surface area contributed by atoms with Crippen molar-refractivity contribution >= 4 is 5.91 Å². The maximum atomic E-state index is 9.99. The Bertz CT molecular complexity index is 92.4. The molecule has 1 rings (SSSR count). The predicted octanol–water partition coefficient (Wildman–Crippen LogP) is -1.42. The topological polar surface area (TPSA) is 60.8 Å². The number of β-lactam (4-membered cyclic amide) rings is 1. The summed E-state index contributed by atoms with van der Waals surface area (Å²) in [5.41, 5.74) is 0. The Kier molecular flexibility index (Phi) is 0.765. The highest BCUT2D eigenvalue weighted by molar-refractivity contribution is 5.85. The van der Waals surface area contributed by atoms with Crippen molar-refractivity contribution in [2.45, 2.75) is 6.10 Å². The van der Waals surface area contributed by atoms with Gasteiger partial charge in [0.2, 0.25) is 0 Å². The predicted molar refractivity (Wildman–Crippen MR) is 19.5 cm³/mol. The van der Waals surface area contributed by atoms with E-state index in [1.54, 1.807) is 0 Å². The Morgan fingerprint density at radius 3 is 2.43 bits per heavy atom. The molecule has 0 unspecified atom stereocenters. The minimum atomic E-state index is -0.954. The number of aliphatic hydroxyl groups is 1. The van der Waals surface area contributed by atoms with Crippen LogP contribution in [0.5, 0.6) is 0 Å². The number of hydrogen-bond donors (Lipinski definition) is 2. The monoisotopic (exact) mass is 103 g/mol. The number of hydrogen-bond acceptors (Lipinski definition) is 3. The molecule has 0 radical (unpaired) electrons. The molecule has 7 heavy (non-hydrogen) atoms. The van der Waals surface area contributed by atoms with E-state index in [9.17, 15) is 4.79 Å². The number of amides is 1. The van der Waals surface area contributed by atoms with Crippen LogP contribution in [0, 0.1) is 0 Å². The van der Waals surface area contributed by atoms with Crippen molar-refractivity contribution in [1.29, 1.82) is 0 Å². The van der Waals surface area contributed by atoms with E-state index in [4.69, 9.17) is 10.3 Å². The van der Waals surface area contributed by atoms with Gasteiger partial charge in [-0.2, -0.15) is 0 Å². The maximum Gasteiger partial charge on any atom is 0.276 e. The van der Waals surface area contributed by atoms with Crippen molar-refractivity contribution in [3.8, 4) is 0 Å². The normalized spacial score (nSPS) is 30.3. The van der Waals surface area contributed by atoms with E-state index < -0.39 is 12.0 Å². The molecule has 0 saturated carbocycles. The zero-order valence-corrected chi connectivity index (χ0v) is 3.53. The first kappa shape index (κ1) is 4.55. The van der Waals surface area contributed by atoms with Gasteiger partial charge in [0.15, 0.2) is 6.10 Å². The van der Waals surface area contributed by atoms with Gasteiger partial charge >= 0.3 is 0 Å². The summed E-state index contributed by atoms with van der Waals surface area (Å²) in [6.45, 7) is 0.0544. The Labute approximate surface area is 39.9 Å². The van der Waals surface area contributed by atoms with Gasteiger partial charge in [-0.25, -0.2) is 5.06 Å². The molecule has 0 aliphatic carbocycles. The Morgan fingerprint density at radius 1 is 1.86 bits per heavy atom. The number of β-amino-alcohol motifs (C(OH)–C–C–N with tert-alkyl or cyclic N) is 1. The Morgan fingerprint density at radius 2 is 2.43 bits per heavy atom. The van der Waals surface area contributed by atoms with Crippen LogP contribution in [0.15, 0.2) is 0 Å². The van der Waals surface area contributed by atoms with Gasteiger partial charge < -0.3 is 5.11 Å². The highest BCUT2D eigenvalue weighted by Crippen LogP contribution is 2.03. The average molecular weight is 103 g/mol. The molecule has 0 bridgehead atoms. The third kappa shape index (κ3) is 0.477. The minimum absolute atomic E-state index is 0.0544. The molecule has 1 saturated heterocycles. The molecule has 1 atom stereocenters. The first-order valence-electron chi connectivity index (χ1n) is 1.90. The molecule has 4 heteroatoms. The number of hydroxylamine groups is 2. The lowest BCUT2D eigenvalue weighted by Gasteiger charge is -2.28. The molecule has 40 valence electrons. The molecule has 1 amide bonds. The summed E-state index contributed by atoms with van der Waals surface area (Å²) in [6, 6.07) is 0. The second-order valence-corrected chi connectivity index (χ2v) is 1.44. The molecule has 0 aromatic heterocycles. The van der Waals surface area contributed by atoms with E-state index in [2.05, 4.69) is 0 Å². The third-order valence-electron chi connectivity index (χ3n) is 0.885. The fourth-order valence-corrected chi connectivity index (χ4v) is 0.391. The van der Waals surface area contributed by atoms with Gasteiger partial charge in [-0.1, -0.05) is 0 Å². The number of nitrogens with zero attached hydrogens (tertiary/aromatic N) is 1. The molecular weight excluding hydrogens is 98.0 g/mol. The number of carbonyl (C=O) groups excluding carboxylic acids is 1. The molecule has 0 spiro atoms. The van der Waals surface area contributed by atoms with Crippen LogP contribution < -0.4 is 0 Å². The van der Waals surface area contributed by atoms with Crippen LogP contribution in [-0.4, -0.2) is 33.9 Å². The van der Waals surface area contributed by atoms with Crippen LogP contribution in [0.3, 0.4) is 0 Å². The summed E-state index contributed by atoms with van der Waals surface area (Å²) in [5.74, 6) is -0.611. The van der Waals surface area contributed by atoms with E-state index >= 15 is 0 Å². The second-order valence-electron chi connectivity index (χ2n) is 1.44. The summed E-state index contributed by atoms with van der Waals surface area (Å²) in [4.78, 5) is 9.99. The van der Waals surface area contributed by atoms with Crippen molar-refractivity contribution in [1.82, 2.24) is 5.06 Å². The zero-order valence-electron chi connectivity index (χ0n) is 3.53. The molecule has 1 heterocycles. The van der Waals surface area contributed by atoms with Gasteiger partial charge in [-0.15, -0.1) is 0 Å². The van der Waals surface area contributed by atoms with Crippen LogP contribution >= 0.6 is 0 Å². The van der Waals surface area contributed by atoms with E-state index in [0.29, 0.717) is 5.06 Å². The van der Waals surface area contributed by atoms with Gasteiger partial charge in [0.25, 0.3) is 5.91 Å². The lowest BCUT2D eigenvalue weighted by Crippen LogP contribution is -2.54. The smallest absolute Gasteiger partial charge is 0.276 e. The van der Waals surface area contributed by atoms with Crippen LogP contribution in [0.2, 0.25) is 0 Å². The summed E-state index contributed by atoms with van der Waals surface area (Å²) >= 11 is 0. The molecule has 0 aromatic carbocycles. The van der Waals surface area contributed by atoms with E-state index in [-0.39, 0.29) is 6.54 Å². The summed E-state index contributed by atoms with van der Waals surface area (Å²) in [5, 5.41) is 17.0. The first-order chi connectivity index (χ1) is 3.22. The molecule has 1 aliphatic rings. The fraction of sp³-hybridized carbons (Fsp3) is 0.667. The first-order valence-corrected chi connectivity index (χ1v) is 1.90. The van der Waals surface area contributed by atoms with Gasteiger partial charge in [-0.3, -0.25) is 10.0 Å². The van der Waals surface area contributed by atoms with Gasteiger partial charge in [0, 0.05) is 0 Å². The van der Waals surface area contributed by atoms with Crippen molar-refractivity contribution < 1.29 is 15.1 Å². The molecule has 2 N–H and O–H groups in total. The summed E-state index contributed by atoms with van der Waals surface area (Å²) < 4.78 is 0. The Hall–Kier alpha value is -0.610. The SMILES string of the molecule is O=C1[C@@H](O)CN1O. The minimum Gasteiger partial charge on any atom is -0.381 e. The zero-order chi connectivity index (χ0) is 5.44. The van der Waals surface area contributed by atoms with Crippen LogP contribution in [0.1, 0.15) is 0 Å². The van der Waals surface area contributed by atoms with Crippen molar-refractivity contribution in [3.63, 3.8) is 0 Å². The number of aliphatic hydroxyl groups excluding tert-OH is 1. The molecular formula is C3H5NO3. The molecule has 1 fully saturated rings. The third-order valence-corrected chi connectivity index (χ3v) is 0.885. The summed E-state index contributed by atoms with van der Waals surface area (Å²) in [7, 11) is 0. The lowest BCUT2D eigenvalue weighted by atomic mass is 10.2. The van der Waals surface area contributed by atoms with Crippen LogP contribution in [0.25, 0.3) is 0 Å². The fourth-order valence-electron chi connectivity index (χ4n) is 0.391. The van der Waals surface area contributed by atoms with Gasteiger partial charge in [0.1, 0.15) is 0 Å². The van der Waals surface area contributed by atoms with E-state index in [0.717, 1.165) is 0 Å². The molecule has 4 nitrogen and oxygen atoms in total. The maximum absolute atomic E-state index is 9.99. The number of rotatable bonds is 0. The Balaban J connectivity index is 2.44. The summed E-state index contributed by atoms with van der Waals surface area (Å²) in [6.07, 6.45) is -0.954. The van der Waals surface area contributed by atoms with E-state index in [1.807, 2.05) is 0 Å². The average Bonchev–Trinajstić information content (AvgIpc) is 1.68. The van der Waals surface area contributed by atoms with Gasteiger partial charge in [0.05, 0.1) is 6.54 Å². The van der Waals surface area contributed by atoms with Crippen LogP contribution in [-0.2, 0) is 4.79 Å². The van der Waals surface area contributed by atoms with Crippen LogP contribution in [0.4, 0.5) is 0 Å². The standard InChI is InChI=1S/C3H5NO3/c5-2-1-4(7)3(2)6/h2,5,7H,1H2/t2-/m0/s1. The van der Waals surface area contributed by atoms with Crippen molar-refractivity contribution in [2.24, 2.45) is 0 Å². The second kappa shape index (κ2) is 1.18. The highest BCUT2D eigenvalue weighted by atomic mass is 16.5. The largest absolute Gasteiger partial charge is 0.381 e. The van der Waals surface area contributed by atoms with Crippen molar-refractivity contribution in [2.75, 3.05) is 6.54 Å². The quantitative estimate of drug-likeness (QED) is 0.292. The lowest BCUT2D eigenvalue weighted by molar-refractivity contribution is -0.207. The van der Waals surface area contributed by atoms with Gasteiger partial charge in [-0.05, 0) is 0 Å². The highest BCUT2D eigenvalue weighted by Gasteiger charge is 2.33. The van der Waals surface area contributed by atoms with E-state index in [1.165, 1.54) is 0 Å².